The summed E-state index contributed by atoms with van der Waals surface area (Å²) in [5.74, 6) is 0.749. The van der Waals surface area contributed by atoms with Crippen LogP contribution in [-0.2, 0) is 6.54 Å². The van der Waals surface area contributed by atoms with Crippen molar-refractivity contribution in [3.8, 4) is 0 Å². The maximum Gasteiger partial charge on any atom is 0.0271 e. The van der Waals surface area contributed by atoms with Crippen LogP contribution in [0.25, 0.3) is 0 Å². The van der Waals surface area contributed by atoms with Gasteiger partial charge < -0.3 is 10.2 Å². The van der Waals surface area contributed by atoms with E-state index in [-0.39, 0.29) is 0 Å². The van der Waals surface area contributed by atoms with E-state index in [4.69, 9.17) is 0 Å². The third-order valence-corrected chi connectivity index (χ3v) is 2.90. The highest BCUT2D eigenvalue weighted by atomic mass is 15.1. The van der Waals surface area contributed by atoms with Gasteiger partial charge in [0.2, 0.25) is 0 Å². The second kappa shape index (κ2) is 9.06. The highest BCUT2D eigenvalue weighted by Crippen LogP contribution is 2.02. The number of aromatic nitrogens is 1. The van der Waals surface area contributed by atoms with Crippen molar-refractivity contribution in [3.63, 3.8) is 0 Å². The Bertz CT molecular complexity index is 298. The van der Waals surface area contributed by atoms with E-state index in [0.717, 1.165) is 32.1 Å². The van der Waals surface area contributed by atoms with Gasteiger partial charge in [-0.3, -0.25) is 4.98 Å². The van der Waals surface area contributed by atoms with Gasteiger partial charge in [-0.1, -0.05) is 13.8 Å². The fourth-order valence-electron chi connectivity index (χ4n) is 1.90. The van der Waals surface area contributed by atoms with E-state index in [1.54, 1.807) is 0 Å². The van der Waals surface area contributed by atoms with Crippen LogP contribution in [0.4, 0.5) is 0 Å². The molecule has 1 rings (SSSR count). The van der Waals surface area contributed by atoms with Gasteiger partial charge in [0.05, 0.1) is 0 Å². The molecule has 0 amide bonds. The zero-order valence-electron chi connectivity index (χ0n) is 12.0. The molecule has 3 heteroatoms. The molecule has 1 heterocycles. The van der Waals surface area contributed by atoms with Crippen LogP contribution in [0.15, 0.2) is 24.5 Å². The maximum absolute atomic E-state index is 4.04. The van der Waals surface area contributed by atoms with Crippen molar-refractivity contribution in [1.29, 1.82) is 0 Å². The van der Waals surface area contributed by atoms with Crippen LogP contribution in [-0.4, -0.2) is 36.6 Å². The Kier molecular flexibility index (Phi) is 7.62. The molecular formula is C15H27N3. The van der Waals surface area contributed by atoms with Crippen molar-refractivity contribution in [2.75, 3.05) is 26.7 Å². The fourth-order valence-corrected chi connectivity index (χ4v) is 1.90. The normalized spacial score (nSPS) is 11.4. The summed E-state index contributed by atoms with van der Waals surface area (Å²) >= 11 is 0. The van der Waals surface area contributed by atoms with Crippen LogP contribution in [0.2, 0.25) is 0 Å². The molecule has 0 unspecified atom stereocenters. The SMILES string of the molecule is CC(C)CNCCCCN(C)Cc1ccncc1. The van der Waals surface area contributed by atoms with Gasteiger partial charge in [-0.15, -0.1) is 0 Å². The number of pyridine rings is 1. The van der Waals surface area contributed by atoms with E-state index in [9.17, 15) is 0 Å². The first-order valence-corrected chi connectivity index (χ1v) is 6.96. The van der Waals surface area contributed by atoms with Crippen LogP contribution in [0.1, 0.15) is 32.3 Å². The van der Waals surface area contributed by atoms with Crippen molar-refractivity contribution in [2.24, 2.45) is 5.92 Å². The lowest BCUT2D eigenvalue weighted by Gasteiger charge is -2.16. The van der Waals surface area contributed by atoms with E-state index < -0.39 is 0 Å². The molecule has 1 aromatic heterocycles. The second-order valence-corrected chi connectivity index (χ2v) is 5.40. The van der Waals surface area contributed by atoms with Gasteiger partial charge >= 0.3 is 0 Å². The quantitative estimate of drug-likeness (QED) is 0.682. The number of rotatable bonds is 9. The zero-order chi connectivity index (χ0) is 13.2. The van der Waals surface area contributed by atoms with E-state index in [2.05, 4.69) is 48.2 Å². The predicted molar refractivity (Wildman–Crippen MR) is 77.5 cm³/mol. The summed E-state index contributed by atoms with van der Waals surface area (Å²) in [5.41, 5.74) is 1.34. The van der Waals surface area contributed by atoms with Crippen molar-refractivity contribution >= 4 is 0 Å². The van der Waals surface area contributed by atoms with Crippen LogP contribution in [0.5, 0.6) is 0 Å². The van der Waals surface area contributed by atoms with Crippen LogP contribution in [0, 0.1) is 5.92 Å². The molecule has 1 aromatic rings. The predicted octanol–water partition coefficient (Wildman–Crippen LogP) is 2.54. The number of unbranched alkanes of at least 4 members (excludes halogenated alkanes) is 1. The molecule has 3 nitrogen and oxygen atoms in total. The molecular weight excluding hydrogens is 222 g/mol. The fraction of sp³-hybridized carbons (Fsp3) is 0.667. The highest BCUT2D eigenvalue weighted by Gasteiger charge is 2.00. The summed E-state index contributed by atoms with van der Waals surface area (Å²) < 4.78 is 0. The minimum atomic E-state index is 0.749. The summed E-state index contributed by atoms with van der Waals surface area (Å²) in [6, 6.07) is 4.17. The molecule has 0 spiro atoms. The molecule has 1 N–H and O–H groups in total. The first-order valence-electron chi connectivity index (χ1n) is 6.96. The second-order valence-electron chi connectivity index (χ2n) is 5.40. The molecule has 102 valence electrons. The molecule has 18 heavy (non-hydrogen) atoms. The summed E-state index contributed by atoms with van der Waals surface area (Å²) in [4.78, 5) is 6.41. The molecule has 0 aliphatic rings. The molecule has 0 bridgehead atoms. The molecule has 0 aliphatic heterocycles. The number of hydrogen-bond acceptors (Lipinski definition) is 3. The summed E-state index contributed by atoms with van der Waals surface area (Å²) in [6.07, 6.45) is 6.23. The van der Waals surface area contributed by atoms with Crippen LogP contribution >= 0.6 is 0 Å². The topological polar surface area (TPSA) is 28.2 Å². The Labute approximate surface area is 112 Å². The number of nitrogens with zero attached hydrogens (tertiary/aromatic N) is 2. The molecule has 0 radical (unpaired) electrons. The Balaban J connectivity index is 2.02. The van der Waals surface area contributed by atoms with Crippen molar-refractivity contribution in [1.82, 2.24) is 15.2 Å². The molecule has 0 saturated heterocycles. The van der Waals surface area contributed by atoms with Gasteiger partial charge in [-0.05, 0) is 63.1 Å². The number of nitrogens with one attached hydrogen (secondary N) is 1. The minimum absolute atomic E-state index is 0.749. The Morgan fingerprint density at radius 1 is 1.22 bits per heavy atom. The number of hydrogen-bond donors (Lipinski definition) is 1. The zero-order valence-corrected chi connectivity index (χ0v) is 12.0. The van der Waals surface area contributed by atoms with Gasteiger partial charge in [0, 0.05) is 18.9 Å². The van der Waals surface area contributed by atoms with E-state index in [0.29, 0.717) is 0 Å². The Hall–Kier alpha value is -0.930. The Morgan fingerprint density at radius 3 is 2.61 bits per heavy atom. The van der Waals surface area contributed by atoms with Crippen molar-refractivity contribution in [3.05, 3.63) is 30.1 Å². The minimum Gasteiger partial charge on any atom is -0.316 e. The third kappa shape index (κ3) is 7.41. The van der Waals surface area contributed by atoms with E-state index >= 15 is 0 Å². The van der Waals surface area contributed by atoms with Crippen molar-refractivity contribution < 1.29 is 0 Å². The van der Waals surface area contributed by atoms with Crippen molar-refractivity contribution in [2.45, 2.75) is 33.2 Å². The molecule has 0 fully saturated rings. The average molecular weight is 249 g/mol. The lowest BCUT2D eigenvalue weighted by atomic mass is 10.2. The summed E-state index contributed by atoms with van der Waals surface area (Å²) in [6.45, 7) is 8.94. The monoisotopic (exact) mass is 249 g/mol. The molecule has 0 aliphatic carbocycles. The first-order chi connectivity index (χ1) is 8.68. The van der Waals surface area contributed by atoms with E-state index in [1.165, 1.54) is 18.4 Å². The maximum atomic E-state index is 4.04. The summed E-state index contributed by atoms with van der Waals surface area (Å²) in [5, 5.41) is 3.48. The lowest BCUT2D eigenvalue weighted by molar-refractivity contribution is 0.317. The van der Waals surface area contributed by atoms with Gasteiger partial charge in [-0.25, -0.2) is 0 Å². The van der Waals surface area contributed by atoms with Crippen LogP contribution < -0.4 is 5.32 Å². The highest BCUT2D eigenvalue weighted by molar-refractivity contribution is 5.09. The molecule has 0 aromatic carbocycles. The standard InChI is InChI=1S/C15H27N3/c1-14(2)12-17-8-4-5-11-18(3)13-15-6-9-16-10-7-15/h6-7,9-10,14,17H,4-5,8,11-13H2,1-3H3. The van der Waals surface area contributed by atoms with E-state index in [1.807, 2.05) is 12.4 Å². The third-order valence-electron chi connectivity index (χ3n) is 2.90. The molecule has 0 atom stereocenters. The van der Waals surface area contributed by atoms with Gasteiger partial charge in [0.25, 0.3) is 0 Å². The smallest absolute Gasteiger partial charge is 0.0271 e. The van der Waals surface area contributed by atoms with Crippen LogP contribution in [0.3, 0.4) is 0 Å². The molecule has 0 saturated carbocycles. The largest absolute Gasteiger partial charge is 0.316 e. The Morgan fingerprint density at radius 2 is 1.94 bits per heavy atom. The average Bonchev–Trinajstić information content (AvgIpc) is 2.34. The lowest BCUT2D eigenvalue weighted by Crippen LogP contribution is -2.23. The van der Waals surface area contributed by atoms with Gasteiger partial charge in [0.15, 0.2) is 0 Å². The van der Waals surface area contributed by atoms with Gasteiger partial charge in [-0.2, -0.15) is 0 Å². The first kappa shape index (κ1) is 15.1. The van der Waals surface area contributed by atoms with Gasteiger partial charge in [0.1, 0.15) is 0 Å². The summed E-state index contributed by atoms with van der Waals surface area (Å²) in [7, 11) is 2.18.